The van der Waals surface area contributed by atoms with Crippen LogP contribution in [-0.2, 0) is 0 Å². The number of nitrogens with one attached hydrogen (secondary N) is 1. The summed E-state index contributed by atoms with van der Waals surface area (Å²) in [6.45, 7) is 3.93. The highest BCUT2D eigenvalue weighted by atomic mass is 16.2. The Hall–Kier alpha value is -2.08. The lowest BCUT2D eigenvalue weighted by molar-refractivity contribution is 0.0509. The van der Waals surface area contributed by atoms with Crippen molar-refractivity contribution in [2.24, 2.45) is 0 Å². The van der Waals surface area contributed by atoms with Gasteiger partial charge in [-0.2, -0.15) is 0 Å². The molecule has 0 radical (unpaired) electrons. The van der Waals surface area contributed by atoms with Crippen molar-refractivity contribution in [1.29, 1.82) is 0 Å². The molecule has 2 atom stereocenters. The van der Waals surface area contributed by atoms with Crippen LogP contribution >= 0.6 is 0 Å². The number of hydrogen-bond donors (Lipinski definition) is 1. The van der Waals surface area contributed by atoms with Gasteiger partial charge in [-0.05, 0) is 58.7 Å². The maximum absolute atomic E-state index is 13.0. The molecule has 1 N–H and O–H groups in total. The van der Waals surface area contributed by atoms with Gasteiger partial charge in [0.2, 0.25) is 0 Å². The first-order chi connectivity index (χ1) is 12.5. The summed E-state index contributed by atoms with van der Waals surface area (Å²) in [5.41, 5.74) is 1.23. The zero-order valence-electron chi connectivity index (χ0n) is 15.8. The van der Waals surface area contributed by atoms with E-state index < -0.39 is 0 Å². The summed E-state index contributed by atoms with van der Waals surface area (Å²) in [5, 5.41) is 3.15. The molecule has 4 rings (SSSR count). The molecule has 2 fully saturated rings. The molecule has 1 aromatic heterocycles. The number of carbonyl (C=O) groups is 1. The number of aromatic nitrogens is 2. The Morgan fingerprint density at radius 2 is 1.73 bits per heavy atom. The molecule has 6 nitrogen and oxygen atoms in total. The van der Waals surface area contributed by atoms with E-state index in [1.165, 1.54) is 23.8 Å². The fourth-order valence-electron chi connectivity index (χ4n) is 4.84. The molecule has 2 bridgehead atoms. The SMILES string of the molecule is CC(C)n1c(=O)n(C(=O)NC2CC3CCCC(C2)N3C)c2ccccc21. The predicted octanol–water partition coefficient (Wildman–Crippen LogP) is 2.96. The van der Waals surface area contributed by atoms with E-state index in [0.717, 1.165) is 18.4 Å². The summed E-state index contributed by atoms with van der Waals surface area (Å²) in [6.07, 6.45) is 5.62. The molecular weight excluding hydrogens is 328 g/mol. The van der Waals surface area contributed by atoms with Crippen molar-refractivity contribution in [2.45, 2.75) is 70.1 Å². The molecule has 6 heteroatoms. The van der Waals surface area contributed by atoms with E-state index in [1.807, 2.05) is 38.1 Å². The number of para-hydroxylation sites is 2. The van der Waals surface area contributed by atoms with Gasteiger partial charge < -0.3 is 10.2 Å². The van der Waals surface area contributed by atoms with Gasteiger partial charge >= 0.3 is 11.7 Å². The van der Waals surface area contributed by atoms with Crippen molar-refractivity contribution in [3.8, 4) is 0 Å². The molecule has 2 aliphatic heterocycles. The second-order valence-corrected chi connectivity index (χ2v) is 8.09. The predicted molar refractivity (Wildman–Crippen MR) is 103 cm³/mol. The fraction of sp³-hybridized carbons (Fsp3) is 0.600. The summed E-state index contributed by atoms with van der Waals surface area (Å²) >= 11 is 0. The Balaban J connectivity index is 1.63. The Morgan fingerprint density at radius 3 is 2.35 bits per heavy atom. The van der Waals surface area contributed by atoms with E-state index >= 15 is 0 Å². The minimum atomic E-state index is -0.293. The standard InChI is InChI=1S/C20H28N4O2/c1-13(2)23-17-9-4-5-10-18(17)24(20(23)26)19(25)21-14-11-15-7-6-8-16(12-14)22(15)3/h4-5,9-10,13-16H,6-8,11-12H2,1-3H3,(H,21,25). The summed E-state index contributed by atoms with van der Waals surface area (Å²) in [6, 6.07) is 8.46. The number of nitrogens with zero attached hydrogens (tertiary/aromatic N) is 3. The van der Waals surface area contributed by atoms with Crippen LogP contribution in [0.1, 0.15) is 52.0 Å². The van der Waals surface area contributed by atoms with Crippen LogP contribution in [0.3, 0.4) is 0 Å². The Kier molecular flexibility index (Phi) is 4.39. The van der Waals surface area contributed by atoms with Gasteiger partial charge in [-0.1, -0.05) is 18.6 Å². The summed E-state index contributed by atoms with van der Waals surface area (Å²) < 4.78 is 3.00. The minimum Gasteiger partial charge on any atom is -0.334 e. The highest BCUT2D eigenvalue weighted by molar-refractivity contribution is 5.89. The van der Waals surface area contributed by atoms with Crippen molar-refractivity contribution < 1.29 is 4.79 Å². The van der Waals surface area contributed by atoms with Gasteiger partial charge in [-0.15, -0.1) is 0 Å². The number of rotatable bonds is 2. The second kappa shape index (κ2) is 6.58. The number of carbonyl (C=O) groups excluding carboxylic acids is 1. The third kappa shape index (κ3) is 2.76. The third-order valence-corrected chi connectivity index (χ3v) is 6.17. The lowest BCUT2D eigenvalue weighted by Gasteiger charge is -2.47. The molecule has 2 saturated heterocycles. The highest BCUT2D eigenvalue weighted by Crippen LogP contribution is 2.32. The molecule has 0 saturated carbocycles. The smallest absolute Gasteiger partial charge is 0.334 e. The van der Waals surface area contributed by atoms with Crippen LogP contribution in [0.2, 0.25) is 0 Å². The van der Waals surface area contributed by atoms with Gasteiger partial charge in [-0.3, -0.25) is 4.57 Å². The summed E-state index contributed by atoms with van der Waals surface area (Å²) in [5.74, 6) is 0. The number of imidazole rings is 1. The molecule has 2 aliphatic rings. The van der Waals surface area contributed by atoms with Crippen molar-refractivity contribution in [3.05, 3.63) is 34.7 Å². The van der Waals surface area contributed by atoms with Crippen LogP contribution in [-0.4, -0.2) is 45.2 Å². The number of fused-ring (bicyclic) bond motifs is 3. The average Bonchev–Trinajstić information content (AvgIpc) is 2.87. The van der Waals surface area contributed by atoms with E-state index in [1.54, 1.807) is 4.57 Å². The highest BCUT2D eigenvalue weighted by Gasteiger charge is 2.36. The molecule has 26 heavy (non-hydrogen) atoms. The molecule has 1 amide bonds. The van der Waals surface area contributed by atoms with Gasteiger partial charge in [0, 0.05) is 24.2 Å². The summed E-state index contributed by atoms with van der Waals surface area (Å²) in [4.78, 5) is 28.4. The molecular formula is C20H28N4O2. The van der Waals surface area contributed by atoms with E-state index in [4.69, 9.17) is 0 Å². The van der Waals surface area contributed by atoms with Crippen molar-refractivity contribution in [3.63, 3.8) is 0 Å². The molecule has 0 aliphatic carbocycles. The zero-order valence-corrected chi connectivity index (χ0v) is 15.8. The first kappa shape index (κ1) is 17.3. The van der Waals surface area contributed by atoms with Crippen molar-refractivity contribution >= 4 is 17.1 Å². The van der Waals surface area contributed by atoms with Gasteiger partial charge in [0.15, 0.2) is 0 Å². The average molecular weight is 356 g/mol. The van der Waals surface area contributed by atoms with Crippen LogP contribution in [0.15, 0.2) is 29.1 Å². The summed E-state index contributed by atoms with van der Waals surface area (Å²) in [7, 11) is 2.20. The topological polar surface area (TPSA) is 59.3 Å². The normalized spacial score (nSPS) is 26.4. The van der Waals surface area contributed by atoms with Crippen molar-refractivity contribution in [1.82, 2.24) is 19.4 Å². The Labute approximate surface area is 153 Å². The van der Waals surface area contributed by atoms with E-state index in [2.05, 4.69) is 17.3 Å². The van der Waals surface area contributed by atoms with Crippen LogP contribution in [0.4, 0.5) is 4.79 Å². The third-order valence-electron chi connectivity index (χ3n) is 6.17. The molecule has 0 spiro atoms. The Bertz CT molecular complexity index is 868. The van der Waals surface area contributed by atoms with Crippen LogP contribution in [0, 0.1) is 0 Å². The van der Waals surface area contributed by atoms with Crippen LogP contribution < -0.4 is 11.0 Å². The largest absolute Gasteiger partial charge is 0.337 e. The van der Waals surface area contributed by atoms with E-state index in [0.29, 0.717) is 17.6 Å². The zero-order chi connectivity index (χ0) is 18.4. The molecule has 2 unspecified atom stereocenters. The minimum absolute atomic E-state index is 0.00383. The monoisotopic (exact) mass is 356 g/mol. The molecule has 140 valence electrons. The number of amides is 1. The Morgan fingerprint density at radius 1 is 1.12 bits per heavy atom. The number of piperidine rings is 2. The molecule has 2 aromatic rings. The van der Waals surface area contributed by atoms with E-state index in [9.17, 15) is 9.59 Å². The first-order valence-corrected chi connectivity index (χ1v) is 9.72. The quantitative estimate of drug-likeness (QED) is 0.900. The van der Waals surface area contributed by atoms with E-state index in [-0.39, 0.29) is 23.8 Å². The van der Waals surface area contributed by atoms with Crippen molar-refractivity contribution in [2.75, 3.05) is 7.05 Å². The van der Waals surface area contributed by atoms with Crippen LogP contribution in [0.5, 0.6) is 0 Å². The maximum atomic E-state index is 13.0. The number of hydrogen-bond acceptors (Lipinski definition) is 3. The number of benzene rings is 1. The van der Waals surface area contributed by atoms with Gasteiger partial charge in [0.05, 0.1) is 11.0 Å². The second-order valence-electron chi connectivity index (χ2n) is 8.09. The van der Waals surface area contributed by atoms with Gasteiger partial charge in [0.1, 0.15) is 0 Å². The molecule has 3 heterocycles. The lowest BCUT2D eigenvalue weighted by Crippen LogP contribution is -2.56. The van der Waals surface area contributed by atoms with Gasteiger partial charge in [0.25, 0.3) is 0 Å². The van der Waals surface area contributed by atoms with Crippen LogP contribution in [0.25, 0.3) is 11.0 Å². The fourth-order valence-corrected chi connectivity index (χ4v) is 4.84. The first-order valence-electron chi connectivity index (χ1n) is 9.72. The maximum Gasteiger partial charge on any atom is 0.337 e. The molecule has 1 aromatic carbocycles. The van der Waals surface area contributed by atoms with Gasteiger partial charge in [-0.25, -0.2) is 14.2 Å². The lowest BCUT2D eigenvalue weighted by atomic mass is 9.82.